The molecule has 1 saturated carbocycles. The number of hydrogen-bond acceptors (Lipinski definition) is 7. The topological polar surface area (TPSA) is 113 Å². The molecule has 210 valence electrons. The Morgan fingerprint density at radius 1 is 0.769 bits per heavy atom. The largest absolute Gasteiger partial charge is 0.507 e. The number of imide groups is 2. The van der Waals surface area contributed by atoms with E-state index < -0.39 is 46.6 Å². The van der Waals surface area contributed by atoms with E-state index in [2.05, 4.69) is 0 Å². The lowest BCUT2D eigenvalue weighted by molar-refractivity contribution is -0.147. The molecular weight excluding hydrogens is 500 g/mol. The summed E-state index contributed by atoms with van der Waals surface area (Å²) in [4.78, 5) is 57.9. The Labute approximate surface area is 229 Å². The Morgan fingerprint density at radius 2 is 1.33 bits per heavy atom. The molecule has 9 heteroatoms. The molecule has 0 radical (unpaired) electrons. The highest BCUT2D eigenvalue weighted by atomic mass is 16.5. The molecule has 2 heterocycles. The molecule has 2 aliphatic carbocycles. The molecule has 6 atom stereocenters. The maximum Gasteiger partial charge on any atom is 0.234 e. The number of hydrogen-bond donors (Lipinski definition) is 1. The van der Waals surface area contributed by atoms with Crippen molar-refractivity contribution in [3.63, 3.8) is 0 Å². The van der Waals surface area contributed by atoms with Crippen molar-refractivity contribution in [3.8, 4) is 17.2 Å². The van der Waals surface area contributed by atoms with Crippen molar-refractivity contribution in [2.75, 3.05) is 14.2 Å². The van der Waals surface area contributed by atoms with Crippen molar-refractivity contribution in [3.05, 3.63) is 29.3 Å². The monoisotopic (exact) mass is 538 g/mol. The van der Waals surface area contributed by atoms with Crippen molar-refractivity contribution in [1.29, 1.82) is 0 Å². The maximum atomic E-state index is 14.0. The minimum atomic E-state index is -0.769. The van der Waals surface area contributed by atoms with Crippen LogP contribution in [0.25, 0.3) is 0 Å². The third-order valence-electron chi connectivity index (χ3n) is 8.85. The van der Waals surface area contributed by atoms with Crippen LogP contribution in [0.1, 0.15) is 65.9 Å². The summed E-state index contributed by atoms with van der Waals surface area (Å²) in [6.45, 7) is 11.0. The van der Waals surface area contributed by atoms with Gasteiger partial charge in [-0.25, -0.2) is 0 Å². The summed E-state index contributed by atoms with van der Waals surface area (Å²) in [5, 5.41) is 11.3. The quantitative estimate of drug-likeness (QED) is 0.462. The summed E-state index contributed by atoms with van der Waals surface area (Å²) in [6, 6.07) is 3.12. The highest BCUT2D eigenvalue weighted by Gasteiger charge is 2.64. The van der Waals surface area contributed by atoms with Crippen LogP contribution in [0, 0.1) is 29.6 Å². The minimum Gasteiger partial charge on any atom is -0.507 e. The van der Waals surface area contributed by atoms with E-state index >= 15 is 0 Å². The number of nitrogens with zero attached hydrogens (tertiary/aromatic N) is 2. The molecule has 5 rings (SSSR count). The van der Waals surface area contributed by atoms with Crippen LogP contribution in [0.3, 0.4) is 0 Å². The molecule has 4 aliphatic rings. The number of aromatic hydroxyl groups is 1. The standard InChI is InChI=1S/C30H38N2O7/c1-29(2,3)31-25(34)16-10-9-15-17(21(16)27(31)36)13-18-23(28(37)32(26(18)35)30(4,5)6)22(15)24-19(33)11-14(38-7)12-20(24)39-8/h9,11-12,16-18,21-23,33H,10,13H2,1-8H3/t16-,17+,18+,21-,22-,23+/m0/s1. The Kier molecular flexibility index (Phi) is 6.16. The zero-order chi connectivity index (χ0) is 28.8. The maximum absolute atomic E-state index is 14.0. The van der Waals surface area contributed by atoms with Crippen LogP contribution in [0.15, 0.2) is 23.8 Å². The van der Waals surface area contributed by atoms with Gasteiger partial charge in [-0.3, -0.25) is 29.0 Å². The Bertz CT molecular complexity index is 1300. The van der Waals surface area contributed by atoms with Gasteiger partial charge in [-0.15, -0.1) is 0 Å². The van der Waals surface area contributed by atoms with Crippen molar-refractivity contribution < 1.29 is 33.8 Å². The van der Waals surface area contributed by atoms with E-state index in [1.54, 1.807) is 6.07 Å². The number of likely N-dealkylation sites (tertiary alicyclic amines) is 2. The van der Waals surface area contributed by atoms with Crippen molar-refractivity contribution in [2.24, 2.45) is 29.6 Å². The first-order chi connectivity index (χ1) is 18.1. The van der Waals surface area contributed by atoms with E-state index in [9.17, 15) is 24.3 Å². The zero-order valence-corrected chi connectivity index (χ0v) is 23.9. The summed E-state index contributed by atoms with van der Waals surface area (Å²) < 4.78 is 11.0. The fourth-order valence-electron chi connectivity index (χ4n) is 7.42. The highest BCUT2D eigenvalue weighted by molar-refractivity contribution is 6.08. The van der Waals surface area contributed by atoms with Crippen molar-refractivity contribution in [2.45, 2.75) is 71.4 Å². The zero-order valence-electron chi connectivity index (χ0n) is 23.9. The third kappa shape index (κ3) is 3.87. The van der Waals surface area contributed by atoms with Crippen LogP contribution in [-0.4, -0.2) is 63.8 Å². The average molecular weight is 539 g/mol. The fourth-order valence-corrected chi connectivity index (χ4v) is 7.42. The highest BCUT2D eigenvalue weighted by Crippen LogP contribution is 2.61. The van der Waals surface area contributed by atoms with Crippen LogP contribution in [0.5, 0.6) is 17.2 Å². The predicted molar refractivity (Wildman–Crippen MR) is 142 cm³/mol. The van der Waals surface area contributed by atoms with Gasteiger partial charge in [-0.1, -0.05) is 11.6 Å². The molecule has 0 bridgehead atoms. The third-order valence-corrected chi connectivity index (χ3v) is 8.85. The molecule has 2 saturated heterocycles. The molecule has 1 aromatic carbocycles. The van der Waals surface area contributed by atoms with E-state index in [0.29, 0.717) is 29.9 Å². The summed E-state index contributed by atoms with van der Waals surface area (Å²) in [6.07, 6.45) is 2.61. The average Bonchev–Trinajstić information content (AvgIpc) is 3.26. The Hall–Kier alpha value is -3.36. The van der Waals surface area contributed by atoms with Crippen LogP contribution < -0.4 is 9.47 Å². The second-order valence-corrected chi connectivity index (χ2v) is 13.2. The van der Waals surface area contributed by atoms with E-state index in [1.807, 2.05) is 47.6 Å². The first-order valence-corrected chi connectivity index (χ1v) is 13.5. The van der Waals surface area contributed by atoms with Gasteiger partial charge in [0.25, 0.3) is 0 Å². The van der Waals surface area contributed by atoms with E-state index in [4.69, 9.17) is 9.47 Å². The number of allylic oxidation sites excluding steroid dienone is 2. The molecule has 1 N–H and O–H groups in total. The molecule has 2 aliphatic heterocycles. The number of carbonyl (C=O) groups excluding carboxylic acids is 4. The van der Waals surface area contributed by atoms with E-state index in [0.717, 1.165) is 5.57 Å². The number of rotatable bonds is 3. The lowest BCUT2D eigenvalue weighted by Gasteiger charge is -2.44. The van der Waals surface area contributed by atoms with Crippen LogP contribution in [-0.2, 0) is 19.2 Å². The fraction of sp³-hybridized carbons (Fsp3) is 0.600. The molecule has 39 heavy (non-hydrogen) atoms. The van der Waals surface area contributed by atoms with Crippen LogP contribution >= 0.6 is 0 Å². The minimum absolute atomic E-state index is 0.113. The number of carbonyl (C=O) groups is 4. The SMILES string of the molecule is COc1cc(O)c([C@H]2C3=CC[C@@H]4C(=O)N(C(C)(C)C)C(=O)[C@@H]4[C@@H]3C[C@H]3C(=O)N(C(C)(C)C)C(=O)[C@@H]23)c(OC)c1. The van der Waals surface area contributed by atoms with Gasteiger partial charge in [0.05, 0.1) is 37.9 Å². The lowest BCUT2D eigenvalue weighted by atomic mass is 9.57. The van der Waals surface area contributed by atoms with Gasteiger partial charge >= 0.3 is 0 Å². The van der Waals surface area contributed by atoms with E-state index in [-0.39, 0.29) is 29.4 Å². The second kappa shape index (κ2) is 8.83. The molecule has 4 amide bonds. The molecule has 0 unspecified atom stereocenters. The lowest BCUT2D eigenvalue weighted by Crippen LogP contribution is -2.47. The number of benzene rings is 1. The van der Waals surface area contributed by atoms with Gasteiger partial charge < -0.3 is 14.6 Å². The van der Waals surface area contributed by atoms with Gasteiger partial charge in [0.1, 0.15) is 17.2 Å². The number of phenolic OH excluding ortho intramolecular Hbond substituents is 1. The Balaban J connectivity index is 1.71. The number of methoxy groups -OCH3 is 2. The number of phenols is 1. The molecule has 9 nitrogen and oxygen atoms in total. The number of amides is 4. The first-order valence-electron chi connectivity index (χ1n) is 13.5. The van der Waals surface area contributed by atoms with Gasteiger partial charge in [0.15, 0.2) is 0 Å². The second-order valence-electron chi connectivity index (χ2n) is 13.2. The Morgan fingerprint density at radius 3 is 1.87 bits per heavy atom. The molecule has 3 fully saturated rings. The van der Waals surface area contributed by atoms with Crippen LogP contribution in [0.2, 0.25) is 0 Å². The molecular formula is C30H38N2O7. The summed E-state index contributed by atoms with van der Waals surface area (Å²) >= 11 is 0. The molecule has 0 aromatic heterocycles. The van der Waals surface area contributed by atoms with Crippen molar-refractivity contribution >= 4 is 23.6 Å². The van der Waals surface area contributed by atoms with Gasteiger partial charge in [-0.05, 0) is 60.3 Å². The molecule has 0 spiro atoms. The molecule has 1 aromatic rings. The normalized spacial score (nSPS) is 30.7. The van der Waals surface area contributed by atoms with Crippen LogP contribution in [0.4, 0.5) is 0 Å². The van der Waals surface area contributed by atoms with E-state index in [1.165, 1.54) is 30.1 Å². The number of fused-ring (bicyclic) bond motifs is 4. The summed E-state index contributed by atoms with van der Waals surface area (Å²) in [7, 11) is 2.96. The first kappa shape index (κ1) is 27.2. The summed E-state index contributed by atoms with van der Waals surface area (Å²) in [5.41, 5.74) is -0.219. The summed E-state index contributed by atoms with van der Waals surface area (Å²) in [5.74, 6) is -4.14. The predicted octanol–water partition coefficient (Wildman–Crippen LogP) is 3.64. The van der Waals surface area contributed by atoms with Gasteiger partial charge in [-0.2, -0.15) is 0 Å². The van der Waals surface area contributed by atoms with Gasteiger partial charge in [0.2, 0.25) is 23.6 Å². The number of ether oxygens (including phenoxy) is 2. The van der Waals surface area contributed by atoms with Gasteiger partial charge in [0, 0.05) is 34.7 Å². The van der Waals surface area contributed by atoms with Crippen molar-refractivity contribution in [1.82, 2.24) is 9.80 Å². The smallest absolute Gasteiger partial charge is 0.234 e.